The lowest BCUT2D eigenvalue weighted by Gasteiger charge is -2.59. The van der Waals surface area contributed by atoms with Crippen LogP contribution in [0, 0.1) is 28.4 Å². The third-order valence-corrected chi connectivity index (χ3v) is 7.35. The highest BCUT2D eigenvalue weighted by Gasteiger charge is 2.62. The van der Waals surface area contributed by atoms with E-state index in [1.54, 1.807) is 4.90 Å². The highest BCUT2D eigenvalue weighted by Crippen LogP contribution is 2.57. The van der Waals surface area contributed by atoms with Gasteiger partial charge in [-0.3, -0.25) is 13.8 Å². The Kier molecular flexibility index (Phi) is 5.23. The molecule has 194 valence electrons. The number of anilines is 1. The molecule has 8 nitrogen and oxygen atoms in total. The lowest BCUT2D eigenvalue weighted by Crippen LogP contribution is -2.67. The second-order valence-corrected chi connectivity index (χ2v) is 10.2. The maximum atomic E-state index is 14.0. The molecule has 1 aliphatic carbocycles. The maximum Gasteiger partial charge on any atom is 0.339 e. The fraction of sp³-hybridized carbons (Fsp3) is 0.280. The van der Waals surface area contributed by atoms with Crippen LogP contribution in [0.2, 0.25) is 5.02 Å². The van der Waals surface area contributed by atoms with Crippen LogP contribution in [-0.4, -0.2) is 37.5 Å². The summed E-state index contributed by atoms with van der Waals surface area (Å²) >= 11 is 6.02. The van der Waals surface area contributed by atoms with Gasteiger partial charge in [0.05, 0.1) is 22.9 Å². The van der Waals surface area contributed by atoms with E-state index in [9.17, 15) is 32.4 Å². The number of alkyl halides is 2. The van der Waals surface area contributed by atoms with Gasteiger partial charge in [0.2, 0.25) is 5.92 Å². The van der Waals surface area contributed by atoms with Gasteiger partial charge in [-0.15, -0.1) is 0 Å². The van der Waals surface area contributed by atoms with Gasteiger partial charge in [-0.1, -0.05) is 17.7 Å². The van der Waals surface area contributed by atoms with Crippen molar-refractivity contribution in [2.24, 2.45) is 5.41 Å². The number of nitrogens with zero attached hydrogens (tertiary/aromatic N) is 6. The van der Waals surface area contributed by atoms with Gasteiger partial charge in [-0.25, -0.2) is 31.9 Å². The first-order valence-corrected chi connectivity index (χ1v) is 11.9. The number of halogens is 5. The number of fused-ring (bicyclic) bond motifs is 1. The molecule has 1 saturated carbocycles. The van der Waals surface area contributed by atoms with Gasteiger partial charge in [0, 0.05) is 43.6 Å². The number of nitriles is 1. The van der Waals surface area contributed by atoms with E-state index >= 15 is 0 Å². The summed E-state index contributed by atoms with van der Waals surface area (Å²) in [7, 11) is 0. The molecule has 1 aliphatic heterocycles. The Balaban J connectivity index is 1.62. The Morgan fingerprint density at radius 2 is 1.84 bits per heavy atom. The summed E-state index contributed by atoms with van der Waals surface area (Å²) in [6.45, 7) is -0.178. The molecule has 0 atom stereocenters. The van der Waals surface area contributed by atoms with Crippen molar-refractivity contribution in [3.05, 3.63) is 80.2 Å². The summed E-state index contributed by atoms with van der Waals surface area (Å²) in [5.41, 5.74) is -2.14. The monoisotopic (exact) mass is 544 g/mol. The van der Waals surface area contributed by atoms with Crippen molar-refractivity contribution in [2.45, 2.75) is 25.3 Å². The van der Waals surface area contributed by atoms with Gasteiger partial charge in [-0.2, -0.15) is 5.26 Å². The van der Waals surface area contributed by atoms with Crippen LogP contribution in [0.3, 0.4) is 0 Å². The summed E-state index contributed by atoms with van der Waals surface area (Å²) in [6.07, 6.45) is 1.88. The van der Waals surface area contributed by atoms with Gasteiger partial charge in [0.1, 0.15) is 35.5 Å². The summed E-state index contributed by atoms with van der Waals surface area (Å²) in [5.74, 6) is -4.03. The van der Waals surface area contributed by atoms with E-state index in [2.05, 4.69) is 4.98 Å². The molecule has 4 aromatic rings. The molecule has 3 aromatic heterocycles. The van der Waals surface area contributed by atoms with E-state index in [0.29, 0.717) is 0 Å². The van der Waals surface area contributed by atoms with Crippen molar-refractivity contribution in [3.63, 3.8) is 0 Å². The SMILES string of the molecule is N#CCn1c(N2CC3(C2)CC(F)(F)C3)c(-c2ccc(F)c(Cl)c2)c(=O)n(-c2cnc3cc(F)ccn23)c1=O. The Hall–Kier alpha value is -4.11. The van der Waals surface area contributed by atoms with Gasteiger partial charge in [-0.05, 0) is 23.8 Å². The molecule has 0 unspecified atom stereocenters. The van der Waals surface area contributed by atoms with Crippen molar-refractivity contribution in [3.8, 4) is 23.0 Å². The number of imidazole rings is 1. The fourth-order valence-electron chi connectivity index (χ4n) is 5.58. The minimum Gasteiger partial charge on any atom is -0.356 e. The predicted molar refractivity (Wildman–Crippen MR) is 130 cm³/mol. The molecular formula is C25H17ClF4N6O2. The first-order chi connectivity index (χ1) is 18.0. The topological polar surface area (TPSA) is 88.3 Å². The molecule has 4 heterocycles. The zero-order valence-electron chi connectivity index (χ0n) is 19.5. The van der Waals surface area contributed by atoms with Crippen molar-refractivity contribution in [2.75, 3.05) is 18.0 Å². The summed E-state index contributed by atoms with van der Waals surface area (Å²) in [6, 6.07) is 7.74. The zero-order valence-corrected chi connectivity index (χ0v) is 20.2. The Labute approximate surface area is 216 Å². The number of pyridine rings is 1. The van der Waals surface area contributed by atoms with Gasteiger partial charge in [0.15, 0.2) is 0 Å². The van der Waals surface area contributed by atoms with Crippen molar-refractivity contribution >= 4 is 23.1 Å². The molecule has 2 fully saturated rings. The minimum absolute atomic E-state index is 0.0126. The van der Waals surface area contributed by atoms with Gasteiger partial charge < -0.3 is 4.90 Å². The number of benzene rings is 1. The van der Waals surface area contributed by atoms with E-state index in [-0.39, 0.29) is 59.4 Å². The smallest absolute Gasteiger partial charge is 0.339 e. The molecule has 0 radical (unpaired) electrons. The fourth-order valence-corrected chi connectivity index (χ4v) is 5.76. The van der Waals surface area contributed by atoms with E-state index in [0.717, 1.165) is 27.3 Å². The number of aromatic nitrogens is 4. The van der Waals surface area contributed by atoms with Crippen molar-refractivity contribution in [1.29, 1.82) is 5.26 Å². The van der Waals surface area contributed by atoms with Gasteiger partial charge in [0.25, 0.3) is 5.56 Å². The van der Waals surface area contributed by atoms with Crippen LogP contribution < -0.4 is 16.1 Å². The van der Waals surface area contributed by atoms with Gasteiger partial charge >= 0.3 is 5.69 Å². The maximum absolute atomic E-state index is 14.0. The van der Waals surface area contributed by atoms with Crippen LogP contribution in [0.25, 0.3) is 22.6 Å². The summed E-state index contributed by atoms with van der Waals surface area (Å²) in [5, 5.41) is 9.28. The van der Waals surface area contributed by atoms with Crippen LogP contribution >= 0.6 is 11.6 Å². The van der Waals surface area contributed by atoms with Crippen LogP contribution in [0.15, 0.2) is 52.3 Å². The molecule has 6 rings (SSSR count). The molecular weight excluding hydrogens is 528 g/mol. The van der Waals surface area contributed by atoms with E-state index in [1.165, 1.54) is 28.9 Å². The van der Waals surface area contributed by atoms with Crippen molar-refractivity contribution in [1.82, 2.24) is 18.5 Å². The molecule has 0 amide bonds. The lowest BCUT2D eigenvalue weighted by atomic mass is 9.61. The third kappa shape index (κ3) is 3.60. The molecule has 2 aliphatic rings. The van der Waals surface area contributed by atoms with Crippen LogP contribution in [0.5, 0.6) is 0 Å². The zero-order chi connectivity index (χ0) is 27.0. The molecule has 1 saturated heterocycles. The first-order valence-electron chi connectivity index (χ1n) is 11.5. The molecule has 38 heavy (non-hydrogen) atoms. The average Bonchev–Trinajstić information content (AvgIpc) is 3.22. The Morgan fingerprint density at radius 1 is 1.11 bits per heavy atom. The Morgan fingerprint density at radius 3 is 2.50 bits per heavy atom. The largest absolute Gasteiger partial charge is 0.356 e. The lowest BCUT2D eigenvalue weighted by molar-refractivity contribution is -0.170. The molecule has 13 heteroatoms. The second-order valence-electron chi connectivity index (χ2n) is 9.75. The van der Waals surface area contributed by atoms with E-state index in [1.807, 2.05) is 6.07 Å². The van der Waals surface area contributed by atoms with E-state index < -0.39 is 40.8 Å². The van der Waals surface area contributed by atoms with Crippen LogP contribution in [0.1, 0.15) is 12.8 Å². The number of hydrogen-bond acceptors (Lipinski definition) is 5. The van der Waals surface area contributed by atoms with Crippen LogP contribution in [0.4, 0.5) is 23.4 Å². The standard InChI is InChI=1S/C25H17ClF4N6O2/c26-16-7-14(1-2-17(16)28)20-21(33-12-24(13-33)10-25(29,30)11-24)35(6-4-31)23(38)36(22(20)37)19-9-32-18-8-15(27)3-5-34(18)19/h1-3,5,7-9H,6,10-13H2. The normalized spacial score (nSPS) is 17.3. The highest BCUT2D eigenvalue weighted by atomic mass is 35.5. The summed E-state index contributed by atoms with van der Waals surface area (Å²) < 4.78 is 58.2. The second kappa shape index (κ2) is 8.19. The quantitative estimate of drug-likeness (QED) is 0.362. The highest BCUT2D eigenvalue weighted by molar-refractivity contribution is 6.31. The molecule has 1 aromatic carbocycles. The molecule has 1 spiro atoms. The van der Waals surface area contributed by atoms with Crippen LogP contribution in [-0.2, 0) is 6.54 Å². The average molecular weight is 545 g/mol. The Bertz CT molecular complexity index is 1790. The van der Waals surface area contributed by atoms with E-state index in [4.69, 9.17) is 11.6 Å². The molecule has 0 bridgehead atoms. The summed E-state index contributed by atoms with van der Waals surface area (Å²) in [4.78, 5) is 33.5. The first kappa shape index (κ1) is 24.2. The number of rotatable bonds is 4. The molecule has 0 N–H and O–H groups in total. The van der Waals surface area contributed by atoms with Crippen molar-refractivity contribution < 1.29 is 17.6 Å². The number of hydrogen-bond donors (Lipinski definition) is 0. The minimum atomic E-state index is -2.77. The predicted octanol–water partition coefficient (Wildman–Crippen LogP) is 4.00. The third-order valence-electron chi connectivity index (χ3n) is 7.06.